The average Bonchev–Trinajstić information content (AvgIpc) is 2.40. The van der Waals surface area contributed by atoms with Gasteiger partial charge in [-0.05, 0) is 24.3 Å². The monoisotopic (exact) mass is 310 g/mol. The van der Waals surface area contributed by atoms with Crippen LogP contribution < -0.4 is 24.8 Å². The minimum absolute atomic E-state index is 0. The molecule has 0 saturated heterocycles. The third-order valence-electron chi connectivity index (χ3n) is 2.14. The van der Waals surface area contributed by atoms with Crippen molar-refractivity contribution in [1.82, 2.24) is 0 Å². The molecule has 0 saturated carbocycles. The highest BCUT2D eigenvalue weighted by atomic mass is 35.5. The number of hydrogen-bond acceptors (Lipinski definition) is 3. The van der Waals surface area contributed by atoms with E-state index in [0.717, 1.165) is 9.79 Å². The molecule has 2 rings (SSSR count). The fourth-order valence-corrected chi connectivity index (χ4v) is 2.11. The van der Waals surface area contributed by atoms with Crippen molar-refractivity contribution in [3.05, 3.63) is 58.5 Å². The van der Waals surface area contributed by atoms with Gasteiger partial charge in [-0.25, -0.2) is 0 Å². The van der Waals surface area contributed by atoms with E-state index in [1.807, 2.05) is 24.3 Å². The Balaban J connectivity index is 0.00000162. The first kappa shape index (κ1) is 17.2. The number of nitrogens with zero attached hydrogens (tertiary/aromatic N) is 4. The van der Waals surface area contributed by atoms with Gasteiger partial charge in [0.05, 0.1) is 0 Å². The van der Waals surface area contributed by atoms with Crippen LogP contribution in [-0.2, 0) is 0 Å². The Morgan fingerprint density at radius 1 is 0.632 bits per heavy atom. The van der Waals surface area contributed by atoms with Crippen molar-refractivity contribution in [2.75, 3.05) is 0 Å². The molecule has 0 heterocycles. The van der Waals surface area contributed by atoms with Gasteiger partial charge in [0.1, 0.15) is 0 Å². The molecule has 0 bridgehead atoms. The van der Waals surface area contributed by atoms with E-state index in [1.165, 1.54) is 0 Å². The third kappa shape index (κ3) is 4.76. The first-order chi connectivity index (χ1) is 8.31. The van der Waals surface area contributed by atoms with E-state index in [1.54, 1.807) is 36.0 Å². The standard InChI is InChI=1S/C12H8N4S.2ClH/c13-15-9-1-5-11(6-2-9)17-12-7-3-10(16-14)4-8-12;;/h1-8H;2*1H/q+2;;/p-2. The molecule has 0 fully saturated rings. The molecular weight excluding hydrogens is 303 g/mol. The quantitative estimate of drug-likeness (QED) is 0.656. The molecular formula is C12H8Cl2N4S. The van der Waals surface area contributed by atoms with Gasteiger partial charge >= 0.3 is 11.4 Å². The topological polar surface area (TPSA) is 56.3 Å². The second-order valence-corrected chi connectivity index (χ2v) is 4.44. The Bertz CT molecular complexity index is 544. The lowest BCUT2D eigenvalue weighted by atomic mass is 10.3. The van der Waals surface area contributed by atoms with E-state index in [2.05, 4.69) is 9.95 Å². The van der Waals surface area contributed by atoms with Crippen LogP contribution in [0.5, 0.6) is 0 Å². The van der Waals surface area contributed by atoms with Gasteiger partial charge in [-0.3, -0.25) is 0 Å². The lowest BCUT2D eigenvalue weighted by molar-refractivity contribution is -0.00100. The molecule has 0 amide bonds. The zero-order chi connectivity index (χ0) is 12.1. The maximum Gasteiger partial charge on any atom is 0.385 e. The van der Waals surface area contributed by atoms with Crippen LogP contribution in [0.3, 0.4) is 0 Å². The lowest BCUT2D eigenvalue weighted by Gasteiger charge is -1.98. The third-order valence-corrected chi connectivity index (χ3v) is 3.16. The number of hydrogen-bond donors (Lipinski definition) is 0. The first-order valence-corrected chi connectivity index (χ1v) is 5.71. The first-order valence-electron chi connectivity index (χ1n) is 4.90. The van der Waals surface area contributed by atoms with Gasteiger partial charge in [-0.15, -0.1) is 0 Å². The van der Waals surface area contributed by atoms with Crippen molar-refractivity contribution >= 4 is 23.1 Å². The SMILES string of the molecule is N#[N+]c1ccc(Sc2ccc([N+]#N)cc2)cc1.[Cl-].[Cl-]. The molecule has 4 nitrogen and oxygen atoms in total. The highest BCUT2D eigenvalue weighted by molar-refractivity contribution is 7.99. The van der Waals surface area contributed by atoms with Crippen LogP contribution in [0.2, 0.25) is 0 Å². The molecule has 19 heavy (non-hydrogen) atoms. The Morgan fingerprint density at radius 2 is 0.947 bits per heavy atom. The fraction of sp³-hybridized carbons (Fsp3) is 0. The number of diazo groups is 2. The summed E-state index contributed by atoms with van der Waals surface area (Å²) < 4.78 is 0. The predicted molar refractivity (Wildman–Crippen MR) is 66.5 cm³/mol. The van der Waals surface area contributed by atoms with Crippen LogP contribution in [0.1, 0.15) is 0 Å². The molecule has 0 radical (unpaired) electrons. The molecule has 0 spiro atoms. The molecule has 0 aliphatic heterocycles. The smallest absolute Gasteiger partial charge is 0.385 e. The fourth-order valence-electron chi connectivity index (χ4n) is 1.30. The van der Waals surface area contributed by atoms with Crippen LogP contribution in [0.25, 0.3) is 9.95 Å². The van der Waals surface area contributed by atoms with Crippen molar-refractivity contribution < 1.29 is 24.8 Å². The van der Waals surface area contributed by atoms with Crippen molar-refractivity contribution in [2.45, 2.75) is 9.79 Å². The van der Waals surface area contributed by atoms with Crippen LogP contribution in [0.4, 0.5) is 11.4 Å². The van der Waals surface area contributed by atoms with Crippen LogP contribution in [0.15, 0.2) is 58.3 Å². The zero-order valence-corrected chi connectivity index (χ0v) is 11.9. The maximum atomic E-state index is 8.56. The molecule has 2 aromatic carbocycles. The summed E-state index contributed by atoms with van der Waals surface area (Å²) in [5.41, 5.74) is 1.06. The molecule has 0 aromatic heterocycles. The van der Waals surface area contributed by atoms with Crippen LogP contribution in [-0.4, -0.2) is 0 Å². The second-order valence-electron chi connectivity index (χ2n) is 3.29. The Morgan fingerprint density at radius 3 is 1.21 bits per heavy atom. The zero-order valence-electron chi connectivity index (χ0n) is 9.57. The van der Waals surface area contributed by atoms with Crippen molar-refractivity contribution in [3.63, 3.8) is 0 Å². The summed E-state index contributed by atoms with van der Waals surface area (Å²) in [6, 6.07) is 14.5. The summed E-state index contributed by atoms with van der Waals surface area (Å²) in [6.07, 6.45) is 0. The Labute approximate surface area is 127 Å². The lowest BCUT2D eigenvalue weighted by Crippen LogP contribution is -3.00. The minimum Gasteiger partial charge on any atom is -1.00 e. The molecule has 0 atom stereocenters. The molecule has 7 heteroatoms. The largest absolute Gasteiger partial charge is 1.00 e. The van der Waals surface area contributed by atoms with Crippen LogP contribution >= 0.6 is 11.8 Å². The average molecular weight is 311 g/mol. The van der Waals surface area contributed by atoms with Crippen molar-refractivity contribution in [3.8, 4) is 0 Å². The minimum atomic E-state index is 0. The van der Waals surface area contributed by atoms with Gasteiger partial charge < -0.3 is 24.8 Å². The van der Waals surface area contributed by atoms with E-state index < -0.39 is 0 Å². The molecule has 0 N–H and O–H groups in total. The van der Waals surface area contributed by atoms with E-state index in [9.17, 15) is 0 Å². The Hall–Kier alpha value is -1.79. The number of benzene rings is 2. The predicted octanol–water partition coefficient (Wildman–Crippen LogP) is -1.19. The van der Waals surface area contributed by atoms with Crippen LogP contribution in [0, 0.1) is 10.8 Å². The van der Waals surface area contributed by atoms with E-state index >= 15 is 0 Å². The molecule has 0 aliphatic rings. The number of halogens is 2. The summed E-state index contributed by atoms with van der Waals surface area (Å²) in [4.78, 5) is 8.28. The van der Waals surface area contributed by atoms with Gasteiger partial charge in [-0.1, -0.05) is 11.8 Å². The molecule has 96 valence electrons. The number of rotatable bonds is 2. The van der Waals surface area contributed by atoms with Gasteiger partial charge in [0.15, 0.2) is 9.95 Å². The molecule has 2 aromatic rings. The van der Waals surface area contributed by atoms with Crippen molar-refractivity contribution in [2.24, 2.45) is 0 Å². The second kappa shape index (κ2) is 8.34. The summed E-state index contributed by atoms with van der Waals surface area (Å²) in [7, 11) is 0. The summed E-state index contributed by atoms with van der Waals surface area (Å²) >= 11 is 1.58. The van der Waals surface area contributed by atoms with E-state index in [4.69, 9.17) is 10.8 Å². The van der Waals surface area contributed by atoms with Gasteiger partial charge in [0, 0.05) is 34.1 Å². The summed E-state index contributed by atoms with van der Waals surface area (Å²) in [5, 5.41) is 17.1. The summed E-state index contributed by atoms with van der Waals surface area (Å²) in [6.45, 7) is 0. The molecule has 0 unspecified atom stereocenters. The molecule has 0 aliphatic carbocycles. The van der Waals surface area contributed by atoms with Gasteiger partial charge in [-0.2, -0.15) is 0 Å². The van der Waals surface area contributed by atoms with Crippen molar-refractivity contribution in [1.29, 1.82) is 10.8 Å². The van der Waals surface area contributed by atoms with Gasteiger partial charge in [0.2, 0.25) is 10.8 Å². The normalized spacial score (nSPS) is 8.32. The Kier molecular flexibility index (Phi) is 7.55. The highest BCUT2D eigenvalue weighted by Gasteiger charge is 2.06. The van der Waals surface area contributed by atoms with Gasteiger partial charge in [0.25, 0.3) is 0 Å². The van der Waals surface area contributed by atoms with E-state index in [-0.39, 0.29) is 24.8 Å². The highest BCUT2D eigenvalue weighted by Crippen LogP contribution is 2.30. The summed E-state index contributed by atoms with van der Waals surface area (Å²) in [5.74, 6) is 0. The maximum absolute atomic E-state index is 8.56. The van der Waals surface area contributed by atoms with E-state index in [0.29, 0.717) is 11.4 Å².